The summed E-state index contributed by atoms with van der Waals surface area (Å²) in [5.74, 6) is 1.34. The zero-order valence-electron chi connectivity index (χ0n) is 18.9. The summed E-state index contributed by atoms with van der Waals surface area (Å²) >= 11 is 0. The second kappa shape index (κ2) is 7.96. The molecule has 0 N–H and O–H groups in total. The number of hydrogen-bond acceptors (Lipinski definition) is 3. The Balaban J connectivity index is 3.66. The highest BCUT2D eigenvalue weighted by molar-refractivity contribution is 6.75. The Morgan fingerprint density at radius 3 is 1.70 bits per heavy atom. The van der Waals surface area contributed by atoms with E-state index in [0.29, 0.717) is 17.7 Å². The van der Waals surface area contributed by atoms with Gasteiger partial charge in [0, 0.05) is 5.56 Å². The molecule has 0 radical (unpaired) electrons. The maximum atomic E-state index is 11.8. The summed E-state index contributed by atoms with van der Waals surface area (Å²) in [5, 5.41) is 0.0692. The first kappa shape index (κ1) is 23.7. The summed E-state index contributed by atoms with van der Waals surface area (Å²) in [6.45, 7) is 25.9. The summed E-state index contributed by atoms with van der Waals surface area (Å²) in [5.41, 5.74) is 1.58. The van der Waals surface area contributed by atoms with Crippen LogP contribution >= 0.6 is 0 Å². The molecule has 0 spiro atoms. The van der Waals surface area contributed by atoms with Crippen LogP contribution in [0.5, 0.6) is 11.5 Å². The Morgan fingerprint density at radius 1 is 0.889 bits per heavy atom. The highest BCUT2D eigenvalue weighted by atomic mass is 28.4. The van der Waals surface area contributed by atoms with Crippen LogP contribution in [-0.2, 0) is 6.42 Å². The quantitative estimate of drug-likeness (QED) is 0.278. The predicted molar refractivity (Wildman–Crippen MR) is 121 cm³/mol. The maximum absolute atomic E-state index is 11.8. The topological polar surface area (TPSA) is 35.5 Å². The molecule has 0 fully saturated rings. The van der Waals surface area contributed by atoms with E-state index in [1.807, 2.05) is 18.2 Å². The maximum Gasteiger partial charge on any atom is 0.250 e. The Bertz CT molecular complexity index is 693. The van der Waals surface area contributed by atoms with Crippen molar-refractivity contribution in [1.82, 2.24) is 0 Å². The van der Waals surface area contributed by atoms with E-state index in [9.17, 15) is 4.79 Å². The van der Waals surface area contributed by atoms with E-state index in [-0.39, 0.29) is 10.1 Å². The lowest BCUT2D eigenvalue weighted by Crippen LogP contribution is -2.46. The highest BCUT2D eigenvalue weighted by Crippen LogP contribution is 2.46. The van der Waals surface area contributed by atoms with Crippen LogP contribution in [0, 0.1) is 0 Å². The lowest BCUT2D eigenvalue weighted by Gasteiger charge is -2.40. The van der Waals surface area contributed by atoms with Crippen LogP contribution in [-0.4, -0.2) is 22.9 Å². The summed E-state index contributed by atoms with van der Waals surface area (Å²) < 4.78 is 13.3. The molecule has 0 amide bonds. The van der Waals surface area contributed by atoms with Crippen LogP contribution in [0.4, 0.5) is 0 Å². The van der Waals surface area contributed by atoms with Crippen molar-refractivity contribution in [3.63, 3.8) is 0 Å². The third-order valence-corrected chi connectivity index (χ3v) is 14.7. The molecule has 0 bridgehead atoms. The van der Waals surface area contributed by atoms with Crippen molar-refractivity contribution < 1.29 is 13.6 Å². The van der Waals surface area contributed by atoms with E-state index in [0.717, 1.165) is 17.6 Å². The normalized spacial score (nSPS) is 13.3. The zero-order valence-corrected chi connectivity index (χ0v) is 20.9. The molecule has 0 aliphatic carbocycles. The minimum Gasteiger partial charge on any atom is -0.541 e. The molecule has 3 nitrogen and oxygen atoms in total. The van der Waals surface area contributed by atoms with E-state index in [1.165, 1.54) is 0 Å². The fraction of sp³-hybridized carbons (Fsp3) is 0.591. The van der Waals surface area contributed by atoms with Gasteiger partial charge in [0.2, 0.25) is 0 Å². The number of aldehydes is 1. The molecule has 152 valence electrons. The van der Waals surface area contributed by atoms with Crippen molar-refractivity contribution in [3.8, 4) is 11.5 Å². The molecule has 27 heavy (non-hydrogen) atoms. The van der Waals surface area contributed by atoms with Crippen LogP contribution in [0.15, 0.2) is 24.8 Å². The van der Waals surface area contributed by atoms with Gasteiger partial charge >= 0.3 is 0 Å². The van der Waals surface area contributed by atoms with Gasteiger partial charge in [-0.1, -0.05) is 53.7 Å². The molecule has 1 aromatic rings. The number of allylic oxidation sites excluding steroid dienone is 1. The number of hydrogen-bond donors (Lipinski definition) is 0. The van der Waals surface area contributed by atoms with Gasteiger partial charge < -0.3 is 8.85 Å². The largest absolute Gasteiger partial charge is 0.541 e. The molecule has 0 aliphatic rings. The second-order valence-corrected chi connectivity index (χ2v) is 19.8. The van der Waals surface area contributed by atoms with Crippen LogP contribution in [0.3, 0.4) is 0 Å². The first-order chi connectivity index (χ1) is 12.1. The van der Waals surface area contributed by atoms with Crippen molar-refractivity contribution in [1.29, 1.82) is 0 Å². The predicted octanol–water partition coefficient (Wildman–Crippen LogP) is 7.00. The SMILES string of the molecule is C=CCc1ccc(C=O)c(O[Si](C)(C)C(C)(C)C)c1O[Si](C)(C)C(C)(C)C. The monoisotopic (exact) mass is 406 g/mol. The van der Waals surface area contributed by atoms with Gasteiger partial charge in [0.25, 0.3) is 16.6 Å². The Hall–Kier alpha value is -1.34. The molecule has 1 rings (SSSR count). The van der Waals surface area contributed by atoms with Crippen molar-refractivity contribution in [2.75, 3.05) is 0 Å². The molecule has 0 aliphatic heterocycles. The van der Waals surface area contributed by atoms with Crippen LogP contribution in [0.1, 0.15) is 57.5 Å². The van der Waals surface area contributed by atoms with Gasteiger partial charge in [-0.2, -0.15) is 0 Å². The molecule has 0 atom stereocenters. The summed E-state index contributed by atoms with van der Waals surface area (Å²) in [7, 11) is -4.25. The van der Waals surface area contributed by atoms with E-state index in [1.54, 1.807) is 0 Å². The van der Waals surface area contributed by atoms with Gasteiger partial charge in [-0.3, -0.25) is 4.79 Å². The Morgan fingerprint density at radius 2 is 1.33 bits per heavy atom. The second-order valence-electron chi connectivity index (χ2n) is 10.3. The molecule has 0 aromatic heterocycles. The Labute approximate surface area is 168 Å². The van der Waals surface area contributed by atoms with Crippen LogP contribution in [0.25, 0.3) is 0 Å². The van der Waals surface area contributed by atoms with E-state index in [4.69, 9.17) is 8.85 Å². The van der Waals surface area contributed by atoms with E-state index in [2.05, 4.69) is 74.3 Å². The fourth-order valence-electron chi connectivity index (χ4n) is 2.06. The summed E-state index contributed by atoms with van der Waals surface area (Å²) in [6.07, 6.45) is 3.42. The third-order valence-electron chi connectivity index (χ3n) is 6.04. The van der Waals surface area contributed by atoms with Crippen molar-refractivity contribution in [2.45, 2.75) is 84.2 Å². The zero-order chi connectivity index (χ0) is 21.3. The van der Waals surface area contributed by atoms with Crippen LogP contribution in [0.2, 0.25) is 36.3 Å². The standard InChI is InChI=1S/C22H38O3Si2/c1-12-13-17-14-15-18(16-23)20(25-27(10,11)22(5,6)7)19(17)24-26(8,9)21(2,3)4/h12,14-16H,1,13H2,2-11H3. The lowest BCUT2D eigenvalue weighted by atomic mass is 10.1. The van der Waals surface area contributed by atoms with Gasteiger partial charge in [0.1, 0.15) is 5.75 Å². The molecular formula is C22H38O3Si2. The van der Waals surface area contributed by atoms with Gasteiger partial charge in [-0.25, -0.2) is 0 Å². The molecule has 0 saturated heterocycles. The van der Waals surface area contributed by atoms with E-state index >= 15 is 0 Å². The minimum atomic E-state index is -2.14. The molecule has 5 heteroatoms. The van der Waals surface area contributed by atoms with Gasteiger partial charge in [0.15, 0.2) is 12.0 Å². The van der Waals surface area contributed by atoms with Gasteiger partial charge in [-0.05, 0) is 48.8 Å². The number of carbonyl (C=O) groups is 1. The number of rotatable bonds is 7. The average Bonchev–Trinajstić information content (AvgIpc) is 2.48. The van der Waals surface area contributed by atoms with Crippen molar-refractivity contribution >= 4 is 22.9 Å². The van der Waals surface area contributed by atoms with Crippen molar-refractivity contribution in [2.24, 2.45) is 0 Å². The highest BCUT2D eigenvalue weighted by Gasteiger charge is 2.43. The molecule has 1 aromatic carbocycles. The first-order valence-corrected chi connectivity index (χ1v) is 15.5. The van der Waals surface area contributed by atoms with Gasteiger partial charge in [-0.15, -0.1) is 6.58 Å². The minimum absolute atomic E-state index is 0.0237. The summed E-state index contributed by atoms with van der Waals surface area (Å²) in [6, 6.07) is 3.80. The van der Waals surface area contributed by atoms with Crippen LogP contribution < -0.4 is 8.85 Å². The third kappa shape index (κ3) is 5.35. The molecule has 0 heterocycles. The van der Waals surface area contributed by atoms with Gasteiger partial charge in [0.05, 0.1) is 5.56 Å². The first-order valence-electron chi connectivity index (χ1n) is 9.67. The smallest absolute Gasteiger partial charge is 0.250 e. The van der Waals surface area contributed by atoms with E-state index < -0.39 is 16.6 Å². The number of benzene rings is 1. The Kier molecular flexibility index (Phi) is 6.98. The lowest BCUT2D eigenvalue weighted by molar-refractivity contribution is 0.112. The molecule has 0 saturated carbocycles. The van der Waals surface area contributed by atoms with Crippen molar-refractivity contribution in [3.05, 3.63) is 35.9 Å². The molecular weight excluding hydrogens is 368 g/mol. The average molecular weight is 407 g/mol. The number of carbonyl (C=O) groups excluding carboxylic acids is 1. The summed E-state index contributed by atoms with van der Waals surface area (Å²) in [4.78, 5) is 11.8. The fourth-order valence-corrected chi connectivity index (χ4v) is 4.13. The molecule has 0 unspecified atom stereocenters.